The van der Waals surface area contributed by atoms with Crippen LogP contribution in [0.2, 0.25) is 0 Å². The van der Waals surface area contributed by atoms with Crippen LogP contribution in [-0.2, 0) is 15.1 Å². The number of fused-ring (bicyclic) bond motifs is 1. The molecule has 2 aliphatic rings. The highest BCUT2D eigenvalue weighted by molar-refractivity contribution is 5.30. The molecule has 16 heavy (non-hydrogen) atoms. The number of halogens is 1. The minimum absolute atomic E-state index is 0.0862. The molecule has 1 aromatic rings. The molecule has 3 atom stereocenters. The van der Waals surface area contributed by atoms with Crippen LogP contribution in [-0.4, -0.2) is 19.3 Å². The standard InChI is InChI=1S/C12H14FNO2/c1-8-12(9(6-15-8)7-16-14-12)10-4-2-3-5-11(10)13/h2-5,8-9,14H,6-7H2,1H3/t8?,9-,12?/m0/s1. The second-order valence-corrected chi connectivity index (χ2v) is 4.43. The van der Waals surface area contributed by atoms with Crippen molar-refractivity contribution in [3.63, 3.8) is 0 Å². The van der Waals surface area contributed by atoms with Gasteiger partial charge in [0.25, 0.3) is 0 Å². The Balaban J connectivity index is 2.13. The van der Waals surface area contributed by atoms with Crippen LogP contribution in [0.3, 0.4) is 0 Å². The molecule has 86 valence electrons. The van der Waals surface area contributed by atoms with Gasteiger partial charge in [0.1, 0.15) is 11.4 Å². The van der Waals surface area contributed by atoms with E-state index in [9.17, 15) is 4.39 Å². The maximum absolute atomic E-state index is 13.9. The highest BCUT2D eigenvalue weighted by Gasteiger charge is 2.55. The van der Waals surface area contributed by atoms with E-state index in [1.165, 1.54) is 6.07 Å². The van der Waals surface area contributed by atoms with Gasteiger partial charge in [-0.05, 0) is 13.0 Å². The van der Waals surface area contributed by atoms with Crippen molar-refractivity contribution in [1.82, 2.24) is 5.48 Å². The van der Waals surface area contributed by atoms with Crippen molar-refractivity contribution in [3.05, 3.63) is 35.6 Å². The van der Waals surface area contributed by atoms with Crippen molar-refractivity contribution >= 4 is 0 Å². The molecule has 3 nitrogen and oxygen atoms in total. The molecule has 0 saturated carbocycles. The molecule has 3 rings (SSSR count). The largest absolute Gasteiger partial charge is 0.376 e. The zero-order valence-electron chi connectivity index (χ0n) is 9.07. The topological polar surface area (TPSA) is 30.5 Å². The van der Waals surface area contributed by atoms with Gasteiger partial charge in [0.05, 0.1) is 19.3 Å². The minimum Gasteiger partial charge on any atom is -0.376 e. The van der Waals surface area contributed by atoms with Gasteiger partial charge < -0.3 is 9.57 Å². The summed E-state index contributed by atoms with van der Waals surface area (Å²) >= 11 is 0. The molecule has 1 aromatic carbocycles. The SMILES string of the molecule is CC1OC[C@H]2CONC12c1ccccc1F. The number of hydrogen-bond donors (Lipinski definition) is 1. The maximum Gasteiger partial charge on any atom is 0.128 e. The van der Waals surface area contributed by atoms with Crippen LogP contribution in [0.4, 0.5) is 4.39 Å². The van der Waals surface area contributed by atoms with Crippen LogP contribution >= 0.6 is 0 Å². The lowest BCUT2D eigenvalue weighted by molar-refractivity contribution is -0.00956. The lowest BCUT2D eigenvalue weighted by Gasteiger charge is -2.31. The molecule has 2 heterocycles. The highest BCUT2D eigenvalue weighted by Crippen LogP contribution is 2.44. The Morgan fingerprint density at radius 1 is 1.38 bits per heavy atom. The number of rotatable bonds is 1. The van der Waals surface area contributed by atoms with Gasteiger partial charge in [0.2, 0.25) is 0 Å². The Bertz CT molecular complexity index is 412. The van der Waals surface area contributed by atoms with E-state index in [1.807, 2.05) is 13.0 Å². The maximum atomic E-state index is 13.9. The summed E-state index contributed by atoms with van der Waals surface area (Å²) in [7, 11) is 0. The second-order valence-electron chi connectivity index (χ2n) is 4.43. The Labute approximate surface area is 93.5 Å². The quantitative estimate of drug-likeness (QED) is 0.784. The molecule has 0 spiro atoms. The average Bonchev–Trinajstić information content (AvgIpc) is 2.82. The van der Waals surface area contributed by atoms with E-state index >= 15 is 0 Å². The fraction of sp³-hybridized carbons (Fsp3) is 0.500. The van der Waals surface area contributed by atoms with E-state index in [4.69, 9.17) is 9.57 Å². The van der Waals surface area contributed by atoms with Crippen molar-refractivity contribution in [3.8, 4) is 0 Å². The molecule has 2 aliphatic heterocycles. The Kier molecular flexibility index (Phi) is 2.24. The summed E-state index contributed by atoms with van der Waals surface area (Å²) < 4.78 is 19.5. The van der Waals surface area contributed by atoms with Gasteiger partial charge in [-0.3, -0.25) is 0 Å². The van der Waals surface area contributed by atoms with E-state index < -0.39 is 5.54 Å². The van der Waals surface area contributed by atoms with E-state index in [0.717, 1.165) is 0 Å². The summed E-state index contributed by atoms with van der Waals surface area (Å²) in [6, 6.07) is 6.82. The van der Waals surface area contributed by atoms with Gasteiger partial charge in [-0.2, -0.15) is 5.48 Å². The molecule has 1 N–H and O–H groups in total. The predicted molar refractivity (Wildman–Crippen MR) is 56.1 cm³/mol. The third kappa shape index (κ3) is 1.18. The first-order chi connectivity index (χ1) is 7.75. The first kappa shape index (κ1) is 10.2. The smallest absolute Gasteiger partial charge is 0.128 e. The van der Waals surface area contributed by atoms with Crippen molar-refractivity contribution in [2.45, 2.75) is 18.6 Å². The van der Waals surface area contributed by atoms with Crippen molar-refractivity contribution in [2.75, 3.05) is 13.2 Å². The fourth-order valence-electron chi connectivity index (χ4n) is 2.75. The first-order valence-electron chi connectivity index (χ1n) is 5.50. The van der Waals surface area contributed by atoms with Gasteiger partial charge in [0.15, 0.2) is 0 Å². The Hall–Kier alpha value is -0.970. The van der Waals surface area contributed by atoms with Crippen molar-refractivity contribution < 1.29 is 14.0 Å². The van der Waals surface area contributed by atoms with Gasteiger partial charge in [-0.1, -0.05) is 18.2 Å². The second kappa shape index (κ2) is 3.52. The summed E-state index contributed by atoms with van der Waals surface area (Å²) in [5.41, 5.74) is 3.09. The third-order valence-electron chi connectivity index (χ3n) is 3.68. The van der Waals surface area contributed by atoms with E-state index in [2.05, 4.69) is 5.48 Å². The van der Waals surface area contributed by atoms with Crippen LogP contribution in [0.5, 0.6) is 0 Å². The average molecular weight is 223 g/mol. The monoisotopic (exact) mass is 223 g/mol. The summed E-state index contributed by atoms with van der Waals surface area (Å²) in [4.78, 5) is 5.30. The molecule has 0 radical (unpaired) electrons. The number of ether oxygens (including phenoxy) is 1. The van der Waals surface area contributed by atoms with Gasteiger partial charge in [-0.25, -0.2) is 4.39 Å². The van der Waals surface area contributed by atoms with E-state index in [1.54, 1.807) is 12.1 Å². The predicted octanol–water partition coefficient (Wildman–Crippen LogP) is 1.59. The molecule has 0 amide bonds. The summed E-state index contributed by atoms with van der Waals surface area (Å²) in [5.74, 6) is -0.0257. The minimum atomic E-state index is -0.522. The molecule has 4 heteroatoms. The normalized spacial score (nSPS) is 37.6. The van der Waals surface area contributed by atoms with E-state index in [0.29, 0.717) is 18.8 Å². The lowest BCUT2D eigenvalue weighted by atomic mass is 9.78. The Morgan fingerprint density at radius 3 is 3.00 bits per heavy atom. The van der Waals surface area contributed by atoms with Crippen molar-refractivity contribution in [1.29, 1.82) is 0 Å². The van der Waals surface area contributed by atoms with Crippen LogP contribution < -0.4 is 5.48 Å². The highest BCUT2D eigenvalue weighted by atomic mass is 19.1. The number of hydroxylamine groups is 1. The van der Waals surface area contributed by atoms with Crippen LogP contribution in [0.25, 0.3) is 0 Å². The van der Waals surface area contributed by atoms with Crippen LogP contribution in [0.15, 0.2) is 24.3 Å². The number of hydrogen-bond acceptors (Lipinski definition) is 3. The zero-order valence-corrected chi connectivity index (χ0v) is 9.07. The lowest BCUT2D eigenvalue weighted by Crippen LogP contribution is -2.47. The molecule has 2 fully saturated rings. The van der Waals surface area contributed by atoms with Crippen LogP contribution in [0, 0.1) is 11.7 Å². The molecule has 0 bridgehead atoms. The summed E-state index contributed by atoms with van der Waals surface area (Å²) in [5, 5.41) is 0. The van der Waals surface area contributed by atoms with Gasteiger partial charge in [0, 0.05) is 11.5 Å². The van der Waals surface area contributed by atoms with Crippen molar-refractivity contribution in [2.24, 2.45) is 5.92 Å². The molecule has 0 aliphatic carbocycles. The third-order valence-corrected chi connectivity index (χ3v) is 3.68. The van der Waals surface area contributed by atoms with Gasteiger partial charge >= 0.3 is 0 Å². The molecular weight excluding hydrogens is 209 g/mol. The molecule has 0 aromatic heterocycles. The van der Waals surface area contributed by atoms with Gasteiger partial charge in [-0.15, -0.1) is 0 Å². The zero-order chi connectivity index (χ0) is 11.2. The van der Waals surface area contributed by atoms with Crippen LogP contribution in [0.1, 0.15) is 12.5 Å². The molecule has 2 unspecified atom stereocenters. The first-order valence-corrected chi connectivity index (χ1v) is 5.50. The fourth-order valence-corrected chi connectivity index (χ4v) is 2.75. The Morgan fingerprint density at radius 2 is 2.19 bits per heavy atom. The number of benzene rings is 1. The number of nitrogens with one attached hydrogen (secondary N) is 1. The molecular formula is C12H14FNO2. The summed E-state index contributed by atoms with van der Waals surface area (Å²) in [6.07, 6.45) is -0.0862. The molecule has 2 saturated heterocycles. The summed E-state index contributed by atoms with van der Waals surface area (Å²) in [6.45, 7) is 3.13. The van der Waals surface area contributed by atoms with E-state index in [-0.39, 0.29) is 17.8 Å².